The number of benzene rings is 3. The Morgan fingerprint density at radius 1 is 1.05 bits per heavy atom. The van der Waals surface area contributed by atoms with E-state index < -0.39 is 5.91 Å². The van der Waals surface area contributed by atoms with Crippen molar-refractivity contribution in [2.75, 3.05) is 12.1 Å². The minimum absolute atomic E-state index is 0.0423. The molecule has 10 heteroatoms. The van der Waals surface area contributed by atoms with Gasteiger partial charge < -0.3 is 19.4 Å². The van der Waals surface area contributed by atoms with Gasteiger partial charge in [-0.25, -0.2) is 4.39 Å². The molecule has 0 saturated carbocycles. The third-order valence-corrected chi connectivity index (χ3v) is 7.55. The van der Waals surface area contributed by atoms with Crippen molar-refractivity contribution in [2.45, 2.75) is 20.0 Å². The van der Waals surface area contributed by atoms with E-state index in [2.05, 4.69) is 5.32 Å². The van der Waals surface area contributed by atoms with Gasteiger partial charge in [-0.15, -0.1) is 0 Å². The zero-order valence-corrected chi connectivity index (χ0v) is 21.6. The van der Waals surface area contributed by atoms with Crippen LogP contribution in [0.2, 0.25) is 0 Å². The Balaban J connectivity index is 1.26. The standard InChI is InChI=1S/C29H22FN3O5S/c1-17-22(13-26-28(35)33(29(36)39-26)14-18-6-8-19(30)9-7-18)21-4-2-3-5-23(21)32(17)15-27(34)31-20-10-11-24-25(12-20)38-16-37-24/h2-13H,14-16H2,1H3,(H,31,34)/b26-13-. The number of rotatable bonds is 6. The summed E-state index contributed by atoms with van der Waals surface area (Å²) in [5.41, 5.74) is 3.61. The number of carbonyl (C=O) groups excluding carboxylic acids is 3. The number of carbonyl (C=O) groups is 3. The molecule has 0 atom stereocenters. The fourth-order valence-corrected chi connectivity index (χ4v) is 5.52. The fourth-order valence-electron chi connectivity index (χ4n) is 4.70. The van der Waals surface area contributed by atoms with E-state index in [1.807, 2.05) is 35.8 Å². The van der Waals surface area contributed by atoms with Gasteiger partial charge in [-0.3, -0.25) is 19.3 Å². The molecule has 1 saturated heterocycles. The molecule has 8 nitrogen and oxygen atoms in total. The van der Waals surface area contributed by atoms with E-state index in [0.29, 0.717) is 22.7 Å². The number of imide groups is 1. The van der Waals surface area contributed by atoms with Crippen LogP contribution < -0.4 is 14.8 Å². The number of nitrogens with one attached hydrogen (secondary N) is 1. The van der Waals surface area contributed by atoms with Gasteiger partial charge in [-0.2, -0.15) is 0 Å². The van der Waals surface area contributed by atoms with Crippen LogP contribution in [0.15, 0.2) is 71.6 Å². The molecule has 0 unspecified atom stereocenters. The Morgan fingerprint density at radius 3 is 2.64 bits per heavy atom. The normalized spacial score (nSPS) is 15.5. The summed E-state index contributed by atoms with van der Waals surface area (Å²) in [6, 6.07) is 18.5. The highest BCUT2D eigenvalue weighted by Crippen LogP contribution is 2.37. The van der Waals surface area contributed by atoms with E-state index in [9.17, 15) is 18.8 Å². The number of thioether (sulfide) groups is 1. The summed E-state index contributed by atoms with van der Waals surface area (Å²) in [6.07, 6.45) is 1.71. The van der Waals surface area contributed by atoms with Crippen LogP contribution in [0.3, 0.4) is 0 Å². The highest BCUT2D eigenvalue weighted by molar-refractivity contribution is 8.18. The molecule has 0 radical (unpaired) electrons. The summed E-state index contributed by atoms with van der Waals surface area (Å²) in [6.45, 7) is 2.13. The van der Waals surface area contributed by atoms with Gasteiger partial charge in [0, 0.05) is 33.9 Å². The lowest BCUT2D eigenvalue weighted by Crippen LogP contribution is -2.27. The third kappa shape index (κ3) is 4.74. The van der Waals surface area contributed by atoms with Crippen molar-refractivity contribution in [1.82, 2.24) is 9.47 Å². The topological polar surface area (TPSA) is 89.9 Å². The van der Waals surface area contributed by atoms with Crippen LogP contribution in [0.4, 0.5) is 14.9 Å². The first-order valence-corrected chi connectivity index (χ1v) is 13.0. The Morgan fingerprint density at radius 2 is 1.82 bits per heavy atom. The average molecular weight is 544 g/mol. The van der Waals surface area contributed by atoms with Gasteiger partial charge in [-0.05, 0) is 60.7 Å². The van der Waals surface area contributed by atoms with Gasteiger partial charge >= 0.3 is 0 Å². The van der Waals surface area contributed by atoms with Crippen LogP contribution in [0.1, 0.15) is 16.8 Å². The second kappa shape index (κ2) is 9.95. The number of aromatic nitrogens is 1. The highest BCUT2D eigenvalue weighted by Gasteiger charge is 2.35. The van der Waals surface area contributed by atoms with Crippen molar-refractivity contribution in [1.29, 1.82) is 0 Å². The van der Waals surface area contributed by atoms with Gasteiger partial charge in [0.1, 0.15) is 12.4 Å². The minimum atomic E-state index is -0.411. The highest BCUT2D eigenvalue weighted by atomic mass is 32.2. The predicted octanol–water partition coefficient (Wildman–Crippen LogP) is 5.69. The third-order valence-electron chi connectivity index (χ3n) is 6.64. The van der Waals surface area contributed by atoms with E-state index in [4.69, 9.17) is 9.47 Å². The Labute approximate surface area is 227 Å². The minimum Gasteiger partial charge on any atom is -0.454 e. The SMILES string of the molecule is Cc1c(/C=C2\SC(=O)N(Cc3ccc(F)cc3)C2=O)c2ccccc2n1CC(=O)Nc1ccc2c(c1)OCO2. The molecule has 0 bridgehead atoms. The number of halogens is 1. The van der Waals surface area contributed by atoms with Crippen LogP contribution in [0.5, 0.6) is 11.5 Å². The number of fused-ring (bicyclic) bond motifs is 2. The zero-order chi connectivity index (χ0) is 27.1. The molecule has 3 amide bonds. The Bertz CT molecular complexity index is 1680. The number of hydrogen-bond donors (Lipinski definition) is 1. The fraction of sp³-hybridized carbons (Fsp3) is 0.138. The summed E-state index contributed by atoms with van der Waals surface area (Å²) < 4.78 is 25.9. The second-order valence-corrected chi connectivity index (χ2v) is 10.1. The van der Waals surface area contributed by atoms with Crippen LogP contribution >= 0.6 is 11.8 Å². The molecule has 3 aromatic carbocycles. The van der Waals surface area contributed by atoms with Gasteiger partial charge in [-0.1, -0.05) is 30.3 Å². The number of ether oxygens (including phenoxy) is 2. The van der Waals surface area contributed by atoms with Crippen LogP contribution in [0, 0.1) is 12.7 Å². The Hall–Kier alpha value is -4.57. The maximum absolute atomic E-state index is 13.3. The number of nitrogens with zero attached hydrogens (tertiary/aromatic N) is 2. The maximum Gasteiger partial charge on any atom is 0.293 e. The van der Waals surface area contributed by atoms with Crippen molar-refractivity contribution in [3.8, 4) is 11.5 Å². The number of amides is 3. The van der Waals surface area contributed by atoms with Crippen LogP contribution in [0.25, 0.3) is 17.0 Å². The molecule has 1 N–H and O–H groups in total. The lowest BCUT2D eigenvalue weighted by Gasteiger charge is -2.12. The first-order chi connectivity index (χ1) is 18.9. The van der Waals surface area contributed by atoms with Crippen molar-refractivity contribution in [2.24, 2.45) is 0 Å². The molecule has 1 aromatic heterocycles. The summed E-state index contributed by atoms with van der Waals surface area (Å²) >= 11 is 0.865. The molecule has 0 aliphatic carbocycles. The smallest absolute Gasteiger partial charge is 0.293 e. The number of anilines is 1. The monoisotopic (exact) mass is 543 g/mol. The van der Waals surface area contributed by atoms with Gasteiger partial charge in [0.05, 0.1) is 11.4 Å². The Kier molecular flexibility index (Phi) is 6.32. The van der Waals surface area contributed by atoms with Gasteiger partial charge in [0.15, 0.2) is 11.5 Å². The molecular formula is C29H22FN3O5S. The number of para-hydroxylation sites is 1. The maximum atomic E-state index is 13.3. The van der Waals surface area contributed by atoms with E-state index in [0.717, 1.165) is 38.8 Å². The van der Waals surface area contributed by atoms with E-state index in [1.165, 1.54) is 12.1 Å². The van der Waals surface area contributed by atoms with E-state index in [-0.39, 0.29) is 41.8 Å². The average Bonchev–Trinajstić information content (AvgIpc) is 3.57. The molecule has 2 aliphatic rings. The summed E-state index contributed by atoms with van der Waals surface area (Å²) in [4.78, 5) is 40.3. The molecule has 1 fully saturated rings. The molecule has 4 aromatic rings. The number of hydrogen-bond acceptors (Lipinski definition) is 6. The van der Waals surface area contributed by atoms with Gasteiger partial charge in [0.2, 0.25) is 12.7 Å². The summed E-state index contributed by atoms with van der Waals surface area (Å²) in [7, 11) is 0. The van der Waals surface area contributed by atoms with Crippen molar-refractivity contribution >= 4 is 51.5 Å². The predicted molar refractivity (Wildman–Crippen MR) is 146 cm³/mol. The molecule has 2 aliphatic heterocycles. The first-order valence-electron chi connectivity index (χ1n) is 12.1. The lowest BCUT2D eigenvalue weighted by molar-refractivity contribution is -0.123. The second-order valence-electron chi connectivity index (χ2n) is 9.11. The van der Waals surface area contributed by atoms with Gasteiger partial charge in [0.25, 0.3) is 11.1 Å². The zero-order valence-electron chi connectivity index (χ0n) is 20.8. The molecular weight excluding hydrogens is 521 g/mol. The van der Waals surface area contributed by atoms with Crippen molar-refractivity contribution < 1.29 is 28.2 Å². The van der Waals surface area contributed by atoms with Crippen LogP contribution in [-0.4, -0.2) is 33.3 Å². The first kappa shape index (κ1) is 24.7. The largest absolute Gasteiger partial charge is 0.454 e. The van der Waals surface area contributed by atoms with E-state index in [1.54, 1.807) is 36.4 Å². The van der Waals surface area contributed by atoms with Crippen molar-refractivity contribution in [3.63, 3.8) is 0 Å². The van der Waals surface area contributed by atoms with Crippen molar-refractivity contribution in [3.05, 3.63) is 94.3 Å². The van der Waals surface area contributed by atoms with E-state index >= 15 is 0 Å². The quantitative estimate of drug-likeness (QED) is 0.314. The molecule has 0 spiro atoms. The molecule has 3 heterocycles. The lowest BCUT2D eigenvalue weighted by atomic mass is 10.1. The molecule has 39 heavy (non-hydrogen) atoms. The molecule has 6 rings (SSSR count). The summed E-state index contributed by atoms with van der Waals surface area (Å²) in [5, 5.41) is 3.36. The summed E-state index contributed by atoms with van der Waals surface area (Å²) in [5.74, 6) is 0.178. The van der Waals surface area contributed by atoms with Crippen LogP contribution in [-0.2, 0) is 22.7 Å². The molecule has 196 valence electrons.